The van der Waals surface area contributed by atoms with Crippen LogP contribution < -0.4 is 0 Å². The van der Waals surface area contributed by atoms with Crippen LogP contribution in [-0.2, 0) is 10.1 Å². The van der Waals surface area contributed by atoms with Gasteiger partial charge in [0.1, 0.15) is 6.10 Å². The van der Waals surface area contributed by atoms with Crippen molar-refractivity contribution in [3.63, 3.8) is 0 Å². The molecule has 0 heterocycles. The van der Waals surface area contributed by atoms with Crippen molar-refractivity contribution in [3.05, 3.63) is 99.5 Å². The van der Waals surface area contributed by atoms with E-state index in [0.717, 1.165) is 0 Å². The number of ketones is 1. The van der Waals surface area contributed by atoms with Crippen LogP contribution in [0, 0.1) is 6.92 Å². The van der Waals surface area contributed by atoms with Gasteiger partial charge in [-0.1, -0.05) is 53.5 Å². The van der Waals surface area contributed by atoms with E-state index in [1.165, 1.54) is 6.07 Å². The Morgan fingerprint density at radius 1 is 0.862 bits per heavy atom. The molecule has 0 saturated carbocycles. The Morgan fingerprint density at radius 2 is 1.34 bits per heavy atom. The van der Waals surface area contributed by atoms with Crippen LogP contribution in [0.2, 0.25) is 10.0 Å². The first-order valence-corrected chi connectivity index (χ1v) is 10.6. The van der Waals surface area contributed by atoms with Crippen LogP contribution in [0.5, 0.6) is 0 Å². The Morgan fingerprint density at radius 3 is 1.79 bits per heavy atom. The highest BCUT2D eigenvalue weighted by atomic mass is 35.5. The van der Waals surface area contributed by atoms with Gasteiger partial charge in [0.25, 0.3) is 10.1 Å². The minimum atomic E-state index is -4.03. The number of aryl methyl sites for hydroxylation is 1. The first-order chi connectivity index (χ1) is 13.6. The topological polar surface area (TPSA) is 91.7 Å². The summed E-state index contributed by atoms with van der Waals surface area (Å²) in [5.41, 5.74) is 1.48. The summed E-state index contributed by atoms with van der Waals surface area (Å²) in [7, 11) is -4.03. The lowest BCUT2D eigenvalue weighted by Gasteiger charge is -2.10. The number of carbonyl (C=O) groups excluding carboxylic acids is 1. The molecular formula is C21H18Cl2O5S. The molecule has 0 amide bonds. The van der Waals surface area contributed by atoms with E-state index in [9.17, 15) is 18.3 Å². The molecule has 8 heteroatoms. The van der Waals surface area contributed by atoms with Crippen molar-refractivity contribution in [2.24, 2.45) is 0 Å². The Kier molecular flexibility index (Phi) is 7.96. The van der Waals surface area contributed by atoms with Gasteiger partial charge in [-0.3, -0.25) is 9.35 Å². The quantitative estimate of drug-likeness (QED) is 0.421. The van der Waals surface area contributed by atoms with Crippen LogP contribution in [0.3, 0.4) is 0 Å². The highest BCUT2D eigenvalue weighted by molar-refractivity contribution is 7.85. The lowest BCUT2D eigenvalue weighted by Crippen LogP contribution is -2.12. The molecule has 3 rings (SSSR count). The maximum Gasteiger partial charge on any atom is 0.294 e. The fraction of sp³-hybridized carbons (Fsp3) is 0.0952. The molecule has 1 unspecified atom stereocenters. The third-order valence-corrected chi connectivity index (χ3v) is 5.45. The van der Waals surface area contributed by atoms with E-state index < -0.39 is 16.2 Å². The Hall–Kier alpha value is -2.22. The van der Waals surface area contributed by atoms with Gasteiger partial charge in [-0.15, -0.1) is 0 Å². The van der Waals surface area contributed by atoms with Crippen LogP contribution in [0.15, 0.2) is 77.7 Å². The highest BCUT2D eigenvalue weighted by Gasteiger charge is 2.18. The number of carbonyl (C=O) groups is 1. The molecule has 0 aliphatic heterocycles. The number of benzene rings is 3. The molecule has 0 saturated heterocycles. The highest BCUT2D eigenvalue weighted by Crippen LogP contribution is 2.21. The van der Waals surface area contributed by atoms with E-state index in [4.69, 9.17) is 27.8 Å². The van der Waals surface area contributed by atoms with Gasteiger partial charge in [0.15, 0.2) is 5.78 Å². The van der Waals surface area contributed by atoms with Gasteiger partial charge in [0, 0.05) is 15.6 Å². The Labute approximate surface area is 179 Å². The van der Waals surface area contributed by atoms with Crippen LogP contribution in [0.25, 0.3) is 0 Å². The average molecular weight is 453 g/mol. The first-order valence-electron chi connectivity index (χ1n) is 8.36. The zero-order chi connectivity index (χ0) is 21.6. The molecule has 0 aromatic heterocycles. The van der Waals surface area contributed by atoms with Crippen LogP contribution in [0.1, 0.15) is 27.6 Å². The second-order valence-corrected chi connectivity index (χ2v) is 8.33. The molecule has 0 spiro atoms. The smallest absolute Gasteiger partial charge is 0.294 e. The lowest BCUT2D eigenvalue weighted by molar-refractivity contribution is 0.0747. The van der Waals surface area contributed by atoms with Crippen molar-refractivity contribution in [2.75, 3.05) is 0 Å². The van der Waals surface area contributed by atoms with Gasteiger partial charge in [0.2, 0.25) is 0 Å². The fourth-order valence-corrected chi connectivity index (χ4v) is 3.39. The maximum atomic E-state index is 12.0. The number of Topliss-reactive ketones (excluding diaryl/α,β-unsaturated/α-hetero) is 1. The maximum absolute atomic E-state index is 12.0. The summed E-state index contributed by atoms with van der Waals surface area (Å²) in [5, 5.41) is 11.1. The summed E-state index contributed by atoms with van der Waals surface area (Å²) in [5.74, 6) is -0.367. The summed E-state index contributed by atoms with van der Waals surface area (Å²) in [6.45, 7) is 1.63. The SMILES string of the molecule is Cc1ccccc1S(=O)(=O)O.O=C(c1ccc(Cl)cc1)C(O)c1ccc(Cl)cc1. The predicted octanol–water partition coefficient (Wildman–Crippen LogP) is 5.15. The van der Waals surface area contributed by atoms with Crippen molar-refractivity contribution in [1.82, 2.24) is 0 Å². The zero-order valence-electron chi connectivity index (χ0n) is 15.3. The number of halogens is 2. The summed E-state index contributed by atoms with van der Waals surface area (Å²) >= 11 is 11.5. The first kappa shape index (κ1) is 23.1. The summed E-state index contributed by atoms with van der Waals surface area (Å²) in [6, 6.07) is 19.2. The monoisotopic (exact) mass is 452 g/mol. The molecule has 152 valence electrons. The minimum Gasteiger partial charge on any atom is -0.380 e. The normalized spacial score (nSPS) is 11.9. The van der Waals surface area contributed by atoms with E-state index in [-0.39, 0.29) is 10.7 Å². The molecule has 0 aliphatic carbocycles. The summed E-state index contributed by atoms with van der Waals surface area (Å²) in [6.07, 6.45) is -1.19. The summed E-state index contributed by atoms with van der Waals surface area (Å²) < 4.78 is 29.9. The second kappa shape index (κ2) is 10.0. The van der Waals surface area contributed by atoms with Crippen molar-refractivity contribution in [1.29, 1.82) is 0 Å². The summed E-state index contributed by atoms with van der Waals surface area (Å²) in [4.78, 5) is 12.0. The number of hydrogen-bond donors (Lipinski definition) is 2. The number of aliphatic hydroxyl groups is 1. The lowest BCUT2D eigenvalue weighted by atomic mass is 10.0. The second-order valence-electron chi connectivity index (χ2n) is 6.07. The average Bonchev–Trinajstić information content (AvgIpc) is 2.68. The number of hydrogen-bond acceptors (Lipinski definition) is 4. The predicted molar refractivity (Wildman–Crippen MR) is 113 cm³/mol. The third-order valence-electron chi connectivity index (χ3n) is 3.93. The molecule has 5 nitrogen and oxygen atoms in total. The van der Waals surface area contributed by atoms with E-state index in [1.807, 2.05) is 0 Å². The molecular weight excluding hydrogens is 435 g/mol. The zero-order valence-corrected chi connectivity index (χ0v) is 17.6. The van der Waals surface area contributed by atoms with Crippen molar-refractivity contribution >= 4 is 39.1 Å². The van der Waals surface area contributed by atoms with Gasteiger partial charge in [-0.05, 0) is 60.5 Å². The van der Waals surface area contributed by atoms with E-state index >= 15 is 0 Å². The molecule has 0 radical (unpaired) electrons. The van der Waals surface area contributed by atoms with Crippen LogP contribution in [0.4, 0.5) is 0 Å². The van der Waals surface area contributed by atoms with Gasteiger partial charge in [-0.25, -0.2) is 0 Å². The van der Waals surface area contributed by atoms with Gasteiger partial charge in [0.05, 0.1) is 4.90 Å². The van der Waals surface area contributed by atoms with Crippen LogP contribution in [-0.4, -0.2) is 23.9 Å². The Bertz CT molecular complexity index is 1080. The molecule has 3 aromatic carbocycles. The van der Waals surface area contributed by atoms with Gasteiger partial charge >= 0.3 is 0 Å². The van der Waals surface area contributed by atoms with Crippen LogP contribution >= 0.6 is 23.2 Å². The molecule has 0 bridgehead atoms. The molecule has 2 N–H and O–H groups in total. The van der Waals surface area contributed by atoms with E-state index in [0.29, 0.717) is 26.7 Å². The fourth-order valence-electron chi connectivity index (χ4n) is 2.41. The largest absolute Gasteiger partial charge is 0.380 e. The molecule has 0 aliphatic rings. The van der Waals surface area contributed by atoms with Crippen molar-refractivity contribution in [3.8, 4) is 0 Å². The standard InChI is InChI=1S/C14H10Cl2O2.C7H8O3S/c15-11-5-1-9(2-6-11)13(17)14(18)10-3-7-12(16)8-4-10;1-6-4-2-3-5-7(6)11(8,9)10/h1-8,13,17H;2-5H,1H3,(H,8,9,10). The molecule has 29 heavy (non-hydrogen) atoms. The van der Waals surface area contributed by atoms with E-state index in [1.54, 1.807) is 73.7 Å². The van der Waals surface area contributed by atoms with Gasteiger partial charge in [-0.2, -0.15) is 8.42 Å². The Balaban J connectivity index is 0.000000234. The van der Waals surface area contributed by atoms with E-state index in [2.05, 4.69) is 0 Å². The molecule has 3 aromatic rings. The third kappa shape index (κ3) is 6.66. The van der Waals surface area contributed by atoms with Gasteiger partial charge < -0.3 is 5.11 Å². The molecule has 1 atom stereocenters. The molecule has 0 fully saturated rings. The number of rotatable bonds is 4. The van der Waals surface area contributed by atoms with Crippen molar-refractivity contribution in [2.45, 2.75) is 17.9 Å². The van der Waals surface area contributed by atoms with Crippen molar-refractivity contribution < 1.29 is 22.9 Å². The minimum absolute atomic E-state index is 0.0278. The number of aliphatic hydroxyl groups excluding tert-OH is 1.